The summed E-state index contributed by atoms with van der Waals surface area (Å²) < 4.78 is 1.90. The Bertz CT molecular complexity index is 1260. The van der Waals surface area contributed by atoms with Crippen molar-refractivity contribution >= 4 is 34.5 Å². The summed E-state index contributed by atoms with van der Waals surface area (Å²) >= 11 is 0. The number of carbonyl (C=O) groups is 1. The number of carboxylic acid groups (broad SMARTS) is 1. The lowest BCUT2D eigenvalue weighted by atomic mass is 10.1. The van der Waals surface area contributed by atoms with Crippen LogP contribution in [-0.4, -0.2) is 20.6 Å². The van der Waals surface area contributed by atoms with Gasteiger partial charge in [-0.2, -0.15) is 0 Å². The van der Waals surface area contributed by atoms with Gasteiger partial charge in [0.2, 0.25) is 0 Å². The zero-order chi connectivity index (χ0) is 20.2. The SMILES string of the molecule is O=C(O)/C=C/c1cncc2c(=O)cc(Nc3ccccc3)n(-c3ccccc3)c12. The molecule has 0 aliphatic carbocycles. The molecule has 0 radical (unpaired) electrons. The van der Waals surface area contributed by atoms with E-state index in [1.54, 1.807) is 6.20 Å². The Kier molecular flexibility index (Phi) is 4.90. The molecule has 0 saturated heterocycles. The van der Waals surface area contributed by atoms with Gasteiger partial charge in [-0.1, -0.05) is 36.4 Å². The van der Waals surface area contributed by atoms with Crippen molar-refractivity contribution in [2.45, 2.75) is 0 Å². The summed E-state index contributed by atoms with van der Waals surface area (Å²) in [6, 6.07) is 20.6. The second-order valence-corrected chi connectivity index (χ2v) is 6.35. The number of anilines is 2. The molecule has 29 heavy (non-hydrogen) atoms. The number of hydrogen-bond acceptors (Lipinski definition) is 4. The smallest absolute Gasteiger partial charge is 0.328 e. The fourth-order valence-electron chi connectivity index (χ4n) is 3.18. The zero-order valence-electron chi connectivity index (χ0n) is 15.3. The fourth-order valence-corrected chi connectivity index (χ4v) is 3.18. The largest absolute Gasteiger partial charge is 0.478 e. The van der Waals surface area contributed by atoms with E-state index >= 15 is 0 Å². The first-order valence-corrected chi connectivity index (χ1v) is 8.96. The predicted molar refractivity (Wildman–Crippen MR) is 114 cm³/mol. The van der Waals surface area contributed by atoms with E-state index in [0.29, 0.717) is 22.3 Å². The van der Waals surface area contributed by atoms with Crippen molar-refractivity contribution in [3.05, 3.63) is 101 Å². The lowest BCUT2D eigenvalue weighted by Gasteiger charge is -2.19. The van der Waals surface area contributed by atoms with E-state index in [4.69, 9.17) is 5.11 Å². The van der Waals surface area contributed by atoms with Gasteiger partial charge in [-0.05, 0) is 30.3 Å². The van der Waals surface area contributed by atoms with Crippen molar-refractivity contribution in [1.82, 2.24) is 9.55 Å². The van der Waals surface area contributed by atoms with Gasteiger partial charge in [0, 0.05) is 41.5 Å². The number of nitrogens with one attached hydrogen (secondary N) is 1. The van der Waals surface area contributed by atoms with Crippen LogP contribution >= 0.6 is 0 Å². The average molecular weight is 383 g/mol. The van der Waals surface area contributed by atoms with Gasteiger partial charge in [-0.3, -0.25) is 14.3 Å². The van der Waals surface area contributed by atoms with Crippen molar-refractivity contribution in [3.63, 3.8) is 0 Å². The molecule has 0 atom stereocenters. The molecule has 2 N–H and O–H groups in total. The van der Waals surface area contributed by atoms with E-state index in [-0.39, 0.29) is 5.43 Å². The number of fused-ring (bicyclic) bond motifs is 1. The van der Waals surface area contributed by atoms with Crippen LogP contribution in [0, 0.1) is 0 Å². The highest BCUT2D eigenvalue weighted by Crippen LogP contribution is 2.27. The monoisotopic (exact) mass is 383 g/mol. The molecule has 142 valence electrons. The minimum atomic E-state index is -1.07. The van der Waals surface area contributed by atoms with E-state index in [2.05, 4.69) is 10.3 Å². The van der Waals surface area contributed by atoms with Gasteiger partial charge >= 0.3 is 5.97 Å². The molecule has 0 bridgehead atoms. The molecule has 0 fully saturated rings. The highest BCUT2D eigenvalue weighted by Gasteiger charge is 2.14. The molecule has 2 aromatic carbocycles. The molecule has 0 aliphatic rings. The summed E-state index contributed by atoms with van der Waals surface area (Å²) in [5.41, 5.74) is 2.56. The van der Waals surface area contributed by atoms with Crippen molar-refractivity contribution in [1.29, 1.82) is 0 Å². The third kappa shape index (κ3) is 3.77. The minimum Gasteiger partial charge on any atom is -0.478 e. The molecule has 6 nitrogen and oxygen atoms in total. The normalized spacial score (nSPS) is 11.0. The Hall–Kier alpha value is -4.19. The second kappa shape index (κ2) is 7.82. The number of nitrogens with zero attached hydrogens (tertiary/aromatic N) is 2. The first kappa shape index (κ1) is 18.2. The number of aromatic nitrogens is 2. The first-order chi connectivity index (χ1) is 14.1. The van der Waals surface area contributed by atoms with Gasteiger partial charge in [0.05, 0.1) is 10.9 Å². The van der Waals surface area contributed by atoms with Crippen LogP contribution in [0.5, 0.6) is 0 Å². The van der Waals surface area contributed by atoms with Crippen molar-refractivity contribution in [2.24, 2.45) is 0 Å². The molecule has 0 spiro atoms. The number of para-hydroxylation sites is 2. The Morgan fingerprint density at radius 2 is 1.69 bits per heavy atom. The van der Waals surface area contributed by atoms with Crippen molar-refractivity contribution in [3.8, 4) is 5.69 Å². The maximum Gasteiger partial charge on any atom is 0.328 e. The van der Waals surface area contributed by atoms with Crippen molar-refractivity contribution in [2.75, 3.05) is 5.32 Å². The summed E-state index contributed by atoms with van der Waals surface area (Å²) in [4.78, 5) is 28.0. The number of pyridine rings is 2. The van der Waals surface area contributed by atoms with Crippen LogP contribution in [-0.2, 0) is 4.79 Å². The highest BCUT2D eigenvalue weighted by atomic mass is 16.4. The van der Waals surface area contributed by atoms with Crippen molar-refractivity contribution < 1.29 is 9.90 Å². The zero-order valence-corrected chi connectivity index (χ0v) is 15.3. The maximum absolute atomic E-state index is 12.8. The Balaban J connectivity index is 2.06. The Morgan fingerprint density at radius 3 is 2.38 bits per heavy atom. The van der Waals surface area contributed by atoms with Gasteiger partial charge in [-0.15, -0.1) is 0 Å². The number of rotatable bonds is 5. The average Bonchev–Trinajstić information content (AvgIpc) is 2.74. The van der Waals surface area contributed by atoms with Crippen LogP contribution in [0.4, 0.5) is 11.5 Å². The summed E-state index contributed by atoms with van der Waals surface area (Å²) in [7, 11) is 0. The van der Waals surface area contributed by atoms with Gasteiger partial charge in [0.1, 0.15) is 5.82 Å². The van der Waals surface area contributed by atoms with Gasteiger partial charge in [-0.25, -0.2) is 4.79 Å². The predicted octanol–water partition coefficient (Wildman–Crippen LogP) is 4.23. The van der Waals surface area contributed by atoms with Crippen LogP contribution in [0.1, 0.15) is 5.56 Å². The van der Waals surface area contributed by atoms with E-state index in [9.17, 15) is 9.59 Å². The topological polar surface area (TPSA) is 84.2 Å². The molecule has 0 unspecified atom stereocenters. The molecule has 0 saturated carbocycles. The summed E-state index contributed by atoms with van der Waals surface area (Å²) in [5.74, 6) is -0.509. The molecule has 4 aromatic rings. The van der Waals surface area contributed by atoms with Gasteiger partial charge in [0.25, 0.3) is 0 Å². The standard InChI is InChI=1S/C23H17N3O3/c27-20-13-21(25-17-7-3-1-4-8-17)26(18-9-5-2-6-10-18)23-16(11-12-22(28)29)14-24-15-19(20)23/h1-15,25H,(H,28,29)/b12-11+. The Labute approximate surface area is 166 Å². The first-order valence-electron chi connectivity index (χ1n) is 8.96. The summed E-state index contributed by atoms with van der Waals surface area (Å²) in [6.45, 7) is 0. The van der Waals surface area contributed by atoms with E-state index < -0.39 is 5.97 Å². The van der Waals surface area contributed by atoms with Crippen LogP contribution in [0.15, 0.2) is 90.0 Å². The number of hydrogen-bond donors (Lipinski definition) is 2. The number of carboxylic acids is 1. The molecule has 6 heteroatoms. The molecule has 0 amide bonds. The minimum absolute atomic E-state index is 0.205. The number of benzene rings is 2. The quantitative estimate of drug-likeness (QED) is 0.504. The Morgan fingerprint density at radius 1 is 1.00 bits per heavy atom. The van der Waals surface area contributed by atoms with E-state index in [1.165, 1.54) is 18.3 Å². The van der Waals surface area contributed by atoms with Gasteiger partial charge in [0.15, 0.2) is 5.43 Å². The third-order valence-electron chi connectivity index (χ3n) is 4.41. The van der Waals surface area contributed by atoms with Crippen LogP contribution < -0.4 is 10.7 Å². The number of aliphatic carboxylic acids is 1. The van der Waals surface area contributed by atoms with Crippen LogP contribution in [0.25, 0.3) is 22.7 Å². The fraction of sp³-hybridized carbons (Fsp3) is 0. The summed E-state index contributed by atoms with van der Waals surface area (Å²) in [5, 5.41) is 12.8. The molecule has 0 aliphatic heterocycles. The molecule has 4 rings (SSSR count). The highest BCUT2D eigenvalue weighted by molar-refractivity contribution is 5.93. The lowest BCUT2D eigenvalue weighted by Crippen LogP contribution is -2.13. The van der Waals surface area contributed by atoms with E-state index in [0.717, 1.165) is 17.5 Å². The lowest BCUT2D eigenvalue weighted by molar-refractivity contribution is -0.131. The molecular weight excluding hydrogens is 366 g/mol. The molecule has 2 heterocycles. The van der Waals surface area contributed by atoms with Crippen LogP contribution in [0.3, 0.4) is 0 Å². The maximum atomic E-state index is 12.8. The van der Waals surface area contributed by atoms with Gasteiger partial charge < -0.3 is 10.4 Å². The third-order valence-corrected chi connectivity index (χ3v) is 4.41. The molecular formula is C23H17N3O3. The summed E-state index contributed by atoms with van der Waals surface area (Å²) in [6.07, 6.45) is 5.53. The van der Waals surface area contributed by atoms with E-state index in [1.807, 2.05) is 65.2 Å². The van der Waals surface area contributed by atoms with Crippen LogP contribution in [0.2, 0.25) is 0 Å². The molecule has 2 aromatic heterocycles. The second-order valence-electron chi connectivity index (χ2n) is 6.35.